The summed E-state index contributed by atoms with van der Waals surface area (Å²) in [4.78, 5) is 25.1. The van der Waals surface area contributed by atoms with Crippen molar-refractivity contribution in [2.45, 2.75) is 38.6 Å². The molecule has 0 aromatic carbocycles. The second-order valence-corrected chi connectivity index (χ2v) is 6.91. The molecule has 2 aliphatic rings. The molecule has 114 valence electrons. The van der Waals surface area contributed by atoms with Gasteiger partial charge in [0.2, 0.25) is 0 Å². The lowest BCUT2D eigenvalue weighted by atomic mass is 9.89. The molecule has 0 aromatic rings. The van der Waals surface area contributed by atoms with Crippen LogP contribution >= 0.6 is 11.8 Å². The maximum atomic E-state index is 12.2. The maximum absolute atomic E-state index is 12.2. The fourth-order valence-corrected chi connectivity index (χ4v) is 4.25. The first-order valence-corrected chi connectivity index (χ1v) is 8.62. The summed E-state index contributed by atoms with van der Waals surface area (Å²) in [6.07, 6.45) is 3.62. The van der Waals surface area contributed by atoms with E-state index in [9.17, 15) is 14.7 Å². The summed E-state index contributed by atoms with van der Waals surface area (Å²) >= 11 is 1.92. The topological polar surface area (TPSA) is 69.6 Å². The SMILES string of the molecule is CCC1CCN(C(=O)NCC2CCSC2)C(C(=O)O)C1. The Balaban J connectivity index is 1.87. The smallest absolute Gasteiger partial charge is 0.326 e. The standard InChI is InChI=1S/C14H24N2O3S/c1-2-10-3-5-16(12(7-10)13(17)18)14(19)15-8-11-4-6-20-9-11/h10-12H,2-9H2,1H3,(H,15,19)(H,17,18). The van der Waals surface area contributed by atoms with Gasteiger partial charge in [0.1, 0.15) is 6.04 Å². The Labute approximate surface area is 124 Å². The average Bonchev–Trinajstić information content (AvgIpc) is 2.97. The minimum Gasteiger partial charge on any atom is -0.480 e. The van der Waals surface area contributed by atoms with Gasteiger partial charge in [0.25, 0.3) is 0 Å². The minimum absolute atomic E-state index is 0.205. The van der Waals surface area contributed by atoms with Gasteiger partial charge in [-0.15, -0.1) is 0 Å². The lowest BCUT2D eigenvalue weighted by molar-refractivity contribution is -0.144. The van der Waals surface area contributed by atoms with Crippen LogP contribution in [0.5, 0.6) is 0 Å². The highest BCUT2D eigenvalue weighted by atomic mass is 32.2. The number of carbonyl (C=O) groups excluding carboxylic acids is 1. The molecule has 0 aliphatic carbocycles. The summed E-state index contributed by atoms with van der Waals surface area (Å²) in [7, 11) is 0. The van der Waals surface area contributed by atoms with Gasteiger partial charge in [0.05, 0.1) is 0 Å². The molecule has 0 radical (unpaired) electrons. The van der Waals surface area contributed by atoms with E-state index in [-0.39, 0.29) is 6.03 Å². The Morgan fingerprint density at radius 3 is 2.75 bits per heavy atom. The van der Waals surface area contributed by atoms with Gasteiger partial charge >= 0.3 is 12.0 Å². The lowest BCUT2D eigenvalue weighted by Gasteiger charge is -2.37. The van der Waals surface area contributed by atoms with Crippen LogP contribution in [0.2, 0.25) is 0 Å². The second kappa shape index (κ2) is 7.20. The van der Waals surface area contributed by atoms with E-state index in [4.69, 9.17) is 0 Å². The number of thioether (sulfide) groups is 1. The normalized spacial score (nSPS) is 30.2. The molecule has 2 rings (SSSR count). The van der Waals surface area contributed by atoms with E-state index in [1.54, 1.807) is 0 Å². The Kier molecular flexibility index (Phi) is 5.57. The number of rotatable bonds is 4. The van der Waals surface area contributed by atoms with Crippen molar-refractivity contribution < 1.29 is 14.7 Å². The molecule has 0 spiro atoms. The summed E-state index contributed by atoms with van der Waals surface area (Å²) in [5, 5.41) is 12.2. The van der Waals surface area contributed by atoms with Crippen LogP contribution in [0.4, 0.5) is 4.79 Å². The number of hydrogen-bond acceptors (Lipinski definition) is 3. The third-order valence-electron chi connectivity index (χ3n) is 4.40. The third-order valence-corrected chi connectivity index (χ3v) is 5.63. The first-order valence-electron chi connectivity index (χ1n) is 7.46. The summed E-state index contributed by atoms with van der Waals surface area (Å²) < 4.78 is 0. The monoisotopic (exact) mass is 300 g/mol. The number of aliphatic carboxylic acids is 1. The summed E-state index contributed by atoms with van der Waals surface area (Å²) in [5.74, 6) is 2.35. The number of nitrogens with one attached hydrogen (secondary N) is 1. The Hall–Kier alpha value is -0.910. The van der Waals surface area contributed by atoms with Crippen molar-refractivity contribution in [3.05, 3.63) is 0 Å². The average molecular weight is 300 g/mol. The quantitative estimate of drug-likeness (QED) is 0.833. The molecule has 6 heteroatoms. The highest BCUT2D eigenvalue weighted by Crippen LogP contribution is 2.26. The number of urea groups is 1. The summed E-state index contributed by atoms with van der Waals surface area (Å²) in [5.41, 5.74) is 0. The van der Waals surface area contributed by atoms with Crippen LogP contribution in [-0.4, -0.2) is 52.6 Å². The largest absolute Gasteiger partial charge is 0.480 e. The van der Waals surface area contributed by atoms with Crippen LogP contribution in [0, 0.1) is 11.8 Å². The molecule has 2 aliphatic heterocycles. The summed E-state index contributed by atoms with van der Waals surface area (Å²) in [6, 6.07) is -0.865. The van der Waals surface area contributed by atoms with Crippen molar-refractivity contribution in [3.63, 3.8) is 0 Å². The van der Waals surface area contributed by atoms with Gasteiger partial charge in [-0.1, -0.05) is 13.3 Å². The number of amides is 2. The van der Waals surface area contributed by atoms with Gasteiger partial charge in [0, 0.05) is 13.1 Å². The van der Waals surface area contributed by atoms with Crippen molar-refractivity contribution in [2.24, 2.45) is 11.8 Å². The van der Waals surface area contributed by atoms with E-state index in [1.165, 1.54) is 10.7 Å². The van der Waals surface area contributed by atoms with Crippen LogP contribution in [-0.2, 0) is 4.79 Å². The molecule has 0 saturated carbocycles. The first kappa shape index (κ1) is 15.5. The van der Waals surface area contributed by atoms with Crippen LogP contribution in [0.1, 0.15) is 32.6 Å². The van der Waals surface area contributed by atoms with Crippen LogP contribution in [0.3, 0.4) is 0 Å². The molecule has 3 unspecified atom stereocenters. The number of nitrogens with zero attached hydrogens (tertiary/aromatic N) is 1. The van der Waals surface area contributed by atoms with Gasteiger partial charge in [-0.25, -0.2) is 9.59 Å². The summed E-state index contributed by atoms with van der Waals surface area (Å²) in [6.45, 7) is 3.31. The van der Waals surface area contributed by atoms with Crippen LogP contribution in [0.25, 0.3) is 0 Å². The van der Waals surface area contributed by atoms with Crippen molar-refractivity contribution in [1.82, 2.24) is 10.2 Å². The molecule has 2 saturated heterocycles. The fraction of sp³-hybridized carbons (Fsp3) is 0.857. The third kappa shape index (κ3) is 3.81. The zero-order valence-corrected chi connectivity index (χ0v) is 12.8. The molecule has 2 amide bonds. The molecule has 2 heterocycles. The molecular formula is C14H24N2O3S. The first-order chi connectivity index (χ1) is 9.61. The van der Waals surface area contributed by atoms with Gasteiger partial charge < -0.3 is 15.3 Å². The van der Waals surface area contributed by atoms with E-state index in [1.807, 2.05) is 11.8 Å². The number of carboxylic acids is 1. The van der Waals surface area contributed by atoms with Crippen LogP contribution < -0.4 is 5.32 Å². The van der Waals surface area contributed by atoms with Crippen molar-refractivity contribution in [3.8, 4) is 0 Å². The van der Waals surface area contributed by atoms with E-state index in [0.29, 0.717) is 31.3 Å². The molecule has 0 aromatic heterocycles. The van der Waals surface area contributed by atoms with E-state index < -0.39 is 12.0 Å². The van der Waals surface area contributed by atoms with Gasteiger partial charge in [-0.05, 0) is 42.6 Å². The van der Waals surface area contributed by atoms with Crippen LogP contribution in [0.15, 0.2) is 0 Å². The highest BCUT2D eigenvalue weighted by molar-refractivity contribution is 7.99. The molecule has 5 nitrogen and oxygen atoms in total. The Morgan fingerprint density at radius 2 is 2.15 bits per heavy atom. The molecule has 20 heavy (non-hydrogen) atoms. The number of hydrogen-bond donors (Lipinski definition) is 2. The van der Waals surface area contributed by atoms with Gasteiger partial charge in [-0.2, -0.15) is 11.8 Å². The van der Waals surface area contributed by atoms with Crippen molar-refractivity contribution in [2.75, 3.05) is 24.6 Å². The molecule has 0 bridgehead atoms. The van der Waals surface area contributed by atoms with Gasteiger partial charge in [0.15, 0.2) is 0 Å². The fourth-order valence-electron chi connectivity index (χ4n) is 2.96. The molecule has 3 atom stereocenters. The Bertz CT molecular complexity index is 358. The number of piperidine rings is 1. The van der Waals surface area contributed by atoms with E-state index in [0.717, 1.165) is 25.0 Å². The number of carboxylic acid groups (broad SMARTS) is 1. The van der Waals surface area contributed by atoms with Gasteiger partial charge in [-0.3, -0.25) is 0 Å². The predicted molar refractivity (Wildman–Crippen MR) is 80.0 cm³/mol. The number of carbonyl (C=O) groups is 2. The lowest BCUT2D eigenvalue weighted by Crippen LogP contribution is -2.54. The van der Waals surface area contributed by atoms with E-state index in [2.05, 4.69) is 12.2 Å². The molecule has 2 fully saturated rings. The highest BCUT2D eigenvalue weighted by Gasteiger charge is 2.35. The predicted octanol–water partition coefficient (Wildman–Crippen LogP) is 2.02. The zero-order valence-electron chi connectivity index (χ0n) is 12.0. The zero-order chi connectivity index (χ0) is 14.5. The maximum Gasteiger partial charge on any atom is 0.326 e. The second-order valence-electron chi connectivity index (χ2n) is 5.76. The minimum atomic E-state index is -0.880. The van der Waals surface area contributed by atoms with Crippen molar-refractivity contribution in [1.29, 1.82) is 0 Å². The molecular weight excluding hydrogens is 276 g/mol. The number of likely N-dealkylation sites (tertiary alicyclic amines) is 1. The van der Waals surface area contributed by atoms with E-state index >= 15 is 0 Å². The molecule has 2 N–H and O–H groups in total. The van der Waals surface area contributed by atoms with Crippen molar-refractivity contribution >= 4 is 23.8 Å². The Morgan fingerprint density at radius 1 is 1.35 bits per heavy atom.